The first-order valence-electron chi connectivity index (χ1n) is 28.5. The van der Waals surface area contributed by atoms with Gasteiger partial charge in [0.05, 0.1) is 28.1 Å². The third-order valence-corrected chi connectivity index (χ3v) is 17.7. The van der Waals surface area contributed by atoms with Crippen LogP contribution in [0.15, 0.2) is 176 Å². The Labute approximate surface area is 478 Å². The standard InChI is InChI=1S/C74H76N4OS/c1-70(2,3)48-34-35-75-66(42-48)78-63-33-32-59-58-24-16-19-29-65(58)80-69(59)67(63)60-31-30-55(44-64(60)78)79-54-23-20-22-53(43-54)76-45-77(62-28-18-17-27-61(62)76)68-56(46-36-49(71(4,5)6)40-50(37-46)72(7,8)9)25-21-26-57(68)47-38-51(73(10,11)12)41-52(39-47)74(13,14)15/h16-44H,45H2,1-15H3. The number of hydrogen-bond donors (Lipinski definition) is 0. The van der Waals surface area contributed by atoms with Crippen LogP contribution in [0.4, 0.5) is 22.7 Å². The smallest absolute Gasteiger partial charge is 0.137 e. The number of benzene rings is 8. The Morgan fingerprint density at radius 2 is 0.963 bits per heavy atom. The molecule has 0 spiro atoms. The number of thiophene rings is 1. The minimum absolute atomic E-state index is 0.0462. The van der Waals surface area contributed by atoms with E-state index in [0.717, 1.165) is 45.4 Å². The fourth-order valence-electron chi connectivity index (χ4n) is 11.7. The third-order valence-electron chi connectivity index (χ3n) is 16.5. The van der Waals surface area contributed by atoms with Gasteiger partial charge >= 0.3 is 0 Å². The summed E-state index contributed by atoms with van der Waals surface area (Å²) in [6, 6.07) is 63.5. The maximum Gasteiger partial charge on any atom is 0.137 e. The zero-order valence-corrected chi connectivity index (χ0v) is 50.4. The molecule has 0 fully saturated rings. The molecule has 5 nitrogen and oxygen atoms in total. The number of nitrogens with zero attached hydrogens (tertiary/aromatic N) is 4. The highest BCUT2D eigenvalue weighted by molar-refractivity contribution is 7.26. The van der Waals surface area contributed by atoms with Gasteiger partial charge in [-0.25, -0.2) is 4.98 Å². The van der Waals surface area contributed by atoms with Crippen molar-refractivity contribution in [1.29, 1.82) is 0 Å². The van der Waals surface area contributed by atoms with E-state index in [0.29, 0.717) is 6.67 Å². The molecule has 0 atom stereocenters. The third kappa shape index (κ3) is 9.53. The molecular weight excluding hydrogens is 993 g/mol. The molecule has 80 heavy (non-hydrogen) atoms. The second kappa shape index (κ2) is 19.0. The first kappa shape index (κ1) is 53.0. The number of rotatable bonds is 7. The van der Waals surface area contributed by atoms with Crippen LogP contribution in [0, 0.1) is 0 Å². The number of para-hydroxylation sites is 3. The molecule has 0 N–H and O–H groups in total. The van der Waals surface area contributed by atoms with Gasteiger partial charge in [-0.05, 0) is 127 Å². The summed E-state index contributed by atoms with van der Waals surface area (Å²) in [6.45, 7) is 35.4. The van der Waals surface area contributed by atoms with Crippen molar-refractivity contribution in [3.8, 4) is 39.6 Å². The lowest BCUT2D eigenvalue weighted by molar-refractivity contribution is 0.483. The van der Waals surface area contributed by atoms with Gasteiger partial charge < -0.3 is 14.5 Å². The van der Waals surface area contributed by atoms with Crippen molar-refractivity contribution in [1.82, 2.24) is 9.55 Å². The highest BCUT2D eigenvalue weighted by Crippen LogP contribution is 2.52. The summed E-state index contributed by atoms with van der Waals surface area (Å²) in [4.78, 5) is 10.1. The van der Waals surface area contributed by atoms with Crippen molar-refractivity contribution in [2.45, 2.75) is 131 Å². The van der Waals surface area contributed by atoms with Crippen LogP contribution in [0.2, 0.25) is 0 Å². The summed E-state index contributed by atoms with van der Waals surface area (Å²) in [5.74, 6) is 2.43. The predicted molar refractivity (Wildman–Crippen MR) is 344 cm³/mol. The van der Waals surface area contributed by atoms with Crippen LogP contribution in [0.25, 0.3) is 70.0 Å². The number of ether oxygens (including phenoxy) is 1. The molecule has 8 aromatic carbocycles. The SMILES string of the molecule is CC(C)(C)c1cc(-c2cccc(-c3cc(C(C)(C)C)cc(C(C)(C)C)c3)c2N2CN(c3cccc(Oc4ccc5c6c7sc8ccccc8c7ccc6n(-c6cc(C(C)(C)C)ccn6)c5c4)c3)c3ccccc32)cc(C(C)(C)C)c1. The van der Waals surface area contributed by atoms with Gasteiger partial charge in [-0.1, -0.05) is 201 Å². The Balaban J connectivity index is 0.990. The minimum Gasteiger partial charge on any atom is -0.457 e. The zero-order chi connectivity index (χ0) is 56.4. The Morgan fingerprint density at radius 1 is 0.425 bits per heavy atom. The van der Waals surface area contributed by atoms with Crippen molar-refractivity contribution in [2.75, 3.05) is 16.5 Å². The highest BCUT2D eigenvalue weighted by atomic mass is 32.1. The van der Waals surface area contributed by atoms with Crippen molar-refractivity contribution in [2.24, 2.45) is 0 Å². The number of fused-ring (bicyclic) bond motifs is 8. The van der Waals surface area contributed by atoms with E-state index in [9.17, 15) is 0 Å². The monoisotopic (exact) mass is 1070 g/mol. The van der Waals surface area contributed by atoms with Crippen LogP contribution in [0.1, 0.15) is 132 Å². The van der Waals surface area contributed by atoms with Crippen molar-refractivity contribution in [3.63, 3.8) is 0 Å². The van der Waals surface area contributed by atoms with Crippen molar-refractivity contribution in [3.05, 3.63) is 204 Å². The lowest BCUT2D eigenvalue weighted by Gasteiger charge is -2.31. The fraction of sp³-hybridized carbons (Fsp3) is 0.284. The van der Waals surface area contributed by atoms with Gasteiger partial charge in [-0.3, -0.25) is 4.57 Å². The summed E-state index contributed by atoms with van der Waals surface area (Å²) in [7, 11) is 0. The molecule has 1 aliphatic heterocycles. The molecule has 0 saturated carbocycles. The van der Waals surface area contributed by atoms with Gasteiger partial charge in [-0.2, -0.15) is 0 Å². The lowest BCUT2D eigenvalue weighted by atomic mass is 9.77. The van der Waals surface area contributed by atoms with E-state index in [1.54, 1.807) is 0 Å². The quantitative estimate of drug-likeness (QED) is 0.159. The van der Waals surface area contributed by atoms with Crippen LogP contribution >= 0.6 is 11.3 Å². The van der Waals surface area contributed by atoms with Gasteiger partial charge in [0.15, 0.2) is 0 Å². The molecule has 0 amide bonds. The molecule has 0 saturated heterocycles. The van der Waals surface area contributed by atoms with E-state index >= 15 is 0 Å². The van der Waals surface area contributed by atoms with Crippen LogP contribution in [0.5, 0.6) is 11.5 Å². The normalized spacial score (nSPS) is 13.6. The van der Waals surface area contributed by atoms with Gasteiger partial charge in [0.1, 0.15) is 24.0 Å². The number of hydrogen-bond acceptors (Lipinski definition) is 5. The van der Waals surface area contributed by atoms with E-state index in [1.807, 2.05) is 17.5 Å². The predicted octanol–water partition coefficient (Wildman–Crippen LogP) is 21.4. The second-order valence-electron chi connectivity index (χ2n) is 27.5. The molecule has 3 aromatic heterocycles. The molecule has 1 aliphatic rings. The van der Waals surface area contributed by atoms with Crippen LogP contribution in [-0.4, -0.2) is 16.2 Å². The average Bonchev–Trinajstić information content (AvgIpc) is 4.27. The molecule has 0 bridgehead atoms. The molecular formula is C74H76N4OS. The van der Waals surface area contributed by atoms with Gasteiger partial charge in [0, 0.05) is 66.1 Å². The molecule has 11 aromatic rings. The summed E-state index contributed by atoms with van der Waals surface area (Å²) in [5, 5.41) is 4.98. The maximum atomic E-state index is 7.02. The van der Waals surface area contributed by atoms with E-state index in [2.05, 4.69) is 288 Å². The summed E-state index contributed by atoms with van der Waals surface area (Å²) < 4.78 is 11.9. The molecule has 0 unspecified atom stereocenters. The summed E-state index contributed by atoms with van der Waals surface area (Å²) in [5.41, 5.74) is 18.0. The Bertz CT molecular complexity index is 4070. The van der Waals surface area contributed by atoms with Gasteiger partial charge in [0.25, 0.3) is 0 Å². The first-order chi connectivity index (χ1) is 37.8. The second-order valence-corrected chi connectivity index (χ2v) is 28.5. The van der Waals surface area contributed by atoms with E-state index in [-0.39, 0.29) is 27.1 Å². The van der Waals surface area contributed by atoms with Crippen molar-refractivity contribution < 1.29 is 4.74 Å². The average molecular weight is 1070 g/mol. The molecule has 404 valence electrons. The first-order valence-corrected chi connectivity index (χ1v) is 29.3. The maximum absolute atomic E-state index is 7.02. The zero-order valence-electron chi connectivity index (χ0n) is 49.6. The van der Waals surface area contributed by atoms with E-state index < -0.39 is 0 Å². The minimum atomic E-state index is -0.0492. The van der Waals surface area contributed by atoms with E-state index in [1.165, 1.54) is 86.7 Å². The summed E-state index contributed by atoms with van der Waals surface area (Å²) in [6.07, 6.45) is 1.95. The topological polar surface area (TPSA) is 33.5 Å². The fourth-order valence-corrected chi connectivity index (χ4v) is 12.9. The van der Waals surface area contributed by atoms with Crippen LogP contribution in [0.3, 0.4) is 0 Å². The largest absolute Gasteiger partial charge is 0.457 e. The van der Waals surface area contributed by atoms with Crippen molar-refractivity contribution >= 4 is 76.1 Å². The highest BCUT2D eigenvalue weighted by Gasteiger charge is 2.33. The molecule has 4 heterocycles. The lowest BCUT2D eigenvalue weighted by Crippen LogP contribution is -2.25. The van der Waals surface area contributed by atoms with Gasteiger partial charge in [-0.15, -0.1) is 11.3 Å². The van der Waals surface area contributed by atoms with Gasteiger partial charge in [0.2, 0.25) is 0 Å². The number of aromatic nitrogens is 2. The molecule has 12 rings (SSSR count). The molecule has 0 aliphatic carbocycles. The van der Waals surface area contributed by atoms with E-state index in [4.69, 9.17) is 9.72 Å². The van der Waals surface area contributed by atoms with Crippen LogP contribution < -0.4 is 14.5 Å². The Morgan fingerprint density at radius 3 is 1.56 bits per heavy atom. The molecule has 6 heteroatoms. The Hall–Kier alpha value is -7.67. The molecule has 0 radical (unpaired) electrons. The summed E-state index contributed by atoms with van der Waals surface area (Å²) >= 11 is 1.87. The van der Waals surface area contributed by atoms with Crippen LogP contribution in [-0.2, 0) is 27.1 Å². The number of anilines is 4. The Kier molecular flexibility index (Phi) is 12.6. The number of pyridine rings is 1.